The molecular formula is C32H41ClFN7O6S2. The first kappa shape index (κ1) is 42.5. The number of hydrogen-bond acceptors (Lipinski definition) is 12. The van der Waals surface area contributed by atoms with Gasteiger partial charge in [0.15, 0.2) is 11.6 Å². The van der Waals surface area contributed by atoms with Crippen LogP contribution in [0.4, 0.5) is 10.2 Å². The minimum absolute atomic E-state index is 0.0247. The fourth-order valence-electron chi connectivity index (χ4n) is 3.45. The summed E-state index contributed by atoms with van der Waals surface area (Å²) in [5, 5.41) is 0.490. The second-order valence-corrected chi connectivity index (χ2v) is 10.6. The topological polar surface area (TPSA) is 173 Å². The number of rotatable bonds is 14. The van der Waals surface area contributed by atoms with Gasteiger partial charge in [-0.1, -0.05) is 42.4 Å². The Kier molecular flexibility index (Phi) is 20.6. The maximum Gasteiger partial charge on any atom is 0.316 e. The van der Waals surface area contributed by atoms with Crippen molar-refractivity contribution in [1.82, 2.24) is 24.7 Å². The zero-order chi connectivity index (χ0) is 36.7. The normalized spacial score (nSPS) is 10.4. The summed E-state index contributed by atoms with van der Waals surface area (Å²) in [6.07, 6.45) is 9.32. The SMILES string of the molecule is C=C/C(=C\C)OC.CN.COc1cnc(OCCOc2ncnc(NS(=O)(=O)NCc3ccc(F)cc3)c2-c2ccc(Cl)cc2)nc1.CS. The Morgan fingerprint density at radius 2 is 1.59 bits per heavy atom. The van der Waals surface area contributed by atoms with Crippen LogP contribution < -0.4 is 29.4 Å². The number of anilines is 1. The number of aromatic nitrogens is 4. The van der Waals surface area contributed by atoms with Crippen LogP contribution in [0.5, 0.6) is 17.6 Å². The molecule has 0 spiro atoms. The fourth-order valence-corrected chi connectivity index (χ4v) is 4.42. The molecule has 0 amide bonds. The van der Waals surface area contributed by atoms with Gasteiger partial charge in [-0.2, -0.15) is 35.7 Å². The van der Waals surface area contributed by atoms with Gasteiger partial charge in [-0.05, 0) is 67.8 Å². The first-order valence-corrected chi connectivity index (χ1v) is 17.0. The maximum atomic E-state index is 13.1. The molecule has 49 heavy (non-hydrogen) atoms. The summed E-state index contributed by atoms with van der Waals surface area (Å²) < 4.78 is 64.6. The van der Waals surface area contributed by atoms with E-state index in [0.29, 0.717) is 21.9 Å². The van der Waals surface area contributed by atoms with Crippen molar-refractivity contribution < 1.29 is 31.8 Å². The van der Waals surface area contributed by atoms with Crippen molar-refractivity contribution >= 4 is 40.3 Å². The van der Waals surface area contributed by atoms with Crippen molar-refractivity contribution in [2.24, 2.45) is 5.73 Å². The Morgan fingerprint density at radius 1 is 0.980 bits per heavy atom. The van der Waals surface area contributed by atoms with Crippen LogP contribution in [0, 0.1) is 5.82 Å². The average molecular weight is 738 g/mol. The number of thiol groups is 1. The lowest BCUT2D eigenvalue weighted by atomic mass is 10.1. The van der Waals surface area contributed by atoms with E-state index in [-0.39, 0.29) is 43.0 Å². The predicted octanol–water partition coefficient (Wildman–Crippen LogP) is 5.48. The van der Waals surface area contributed by atoms with Gasteiger partial charge >= 0.3 is 16.2 Å². The van der Waals surface area contributed by atoms with Crippen LogP contribution in [-0.4, -0.2) is 69.1 Å². The molecule has 4 N–H and O–H groups in total. The lowest BCUT2D eigenvalue weighted by molar-refractivity contribution is 0.201. The molecule has 4 rings (SSSR count). The molecule has 0 saturated carbocycles. The monoisotopic (exact) mass is 737 g/mol. The molecule has 266 valence electrons. The van der Waals surface area contributed by atoms with Gasteiger partial charge in [-0.25, -0.2) is 14.4 Å². The first-order chi connectivity index (χ1) is 23.7. The van der Waals surface area contributed by atoms with Gasteiger partial charge in [0.25, 0.3) is 0 Å². The maximum absolute atomic E-state index is 13.1. The summed E-state index contributed by atoms with van der Waals surface area (Å²) >= 11 is 9.56. The van der Waals surface area contributed by atoms with E-state index in [0.717, 1.165) is 5.76 Å². The lowest BCUT2D eigenvalue weighted by Gasteiger charge is -2.16. The third-order valence-corrected chi connectivity index (χ3v) is 6.91. The van der Waals surface area contributed by atoms with E-state index in [1.165, 1.54) is 57.1 Å². The number of nitrogens with two attached hydrogens (primary N) is 1. The number of ether oxygens (including phenoxy) is 4. The lowest BCUT2D eigenvalue weighted by Crippen LogP contribution is -2.30. The highest BCUT2D eigenvalue weighted by Gasteiger charge is 2.20. The fraction of sp³-hybridized carbons (Fsp3) is 0.250. The van der Waals surface area contributed by atoms with Crippen molar-refractivity contribution in [3.8, 4) is 28.8 Å². The molecule has 2 aromatic carbocycles. The Morgan fingerprint density at radius 3 is 2.12 bits per heavy atom. The molecule has 0 radical (unpaired) electrons. The molecule has 0 bridgehead atoms. The number of benzene rings is 2. The van der Waals surface area contributed by atoms with Crippen molar-refractivity contribution in [2.75, 3.05) is 45.5 Å². The molecular weight excluding hydrogens is 697 g/mol. The molecule has 17 heteroatoms. The third-order valence-electron chi connectivity index (χ3n) is 5.67. The Hall–Kier alpha value is -4.48. The van der Waals surface area contributed by atoms with Crippen LogP contribution in [0.2, 0.25) is 5.02 Å². The number of nitrogens with one attached hydrogen (secondary N) is 2. The number of allylic oxidation sites excluding steroid dienone is 2. The van der Waals surface area contributed by atoms with Gasteiger partial charge < -0.3 is 24.7 Å². The zero-order valence-electron chi connectivity index (χ0n) is 27.8. The van der Waals surface area contributed by atoms with E-state index in [1.54, 1.807) is 43.7 Å². The summed E-state index contributed by atoms with van der Waals surface area (Å²) in [7, 11) is 0.543. The third kappa shape index (κ3) is 15.5. The average Bonchev–Trinajstić information content (AvgIpc) is 3.13. The highest BCUT2D eigenvalue weighted by molar-refractivity contribution is 7.90. The molecule has 0 aliphatic carbocycles. The van der Waals surface area contributed by atoms with E-state index in [4.69, 9.17) is 30.5 Å². The van der Waals surface area contributed by atoms with Crippen LogP contribution in [0.25, 0.3) is 11.1 Å². The molecule has 0 unspecified atom stereocenters. The summed E-state index contributed by atoms with van der Waals surface area (Å²) in [6.45, 7) is 5.47. The standard InChI is InChI=1S/C24H22ClFN6O5S.C6H10O.CH5N.CH4S/c1-35-20-13-27-24(28-14-20)37-11-10-36-23-21(17-4-6-18(25)7-5-17)22(29-15-30-23)32-38(33,34)31-12-16-2-8-19(26)9-3-16;1-4-6(5-2)7-3;2*1-2/h2-9,13-15,31H,10-12H2,1H3,(H,29,30,32);4-5H,1H2,2-3H3;2H2,1H3;2H,1H3/b;6-5+;;. The van der Waals surface area contributed by atoms with Gasteiger partial charge in [0.2, 0.25) is 5.88 Å². The van der Waals surface area contributed by atoms with Crippen LogP contribution in [-0.2, 0) is 21.5 Å². The zero-order valence-corrected chi connectivity index (χ0v) is 30.2. The quantitative estimate of drug-likeness (QED) is 0.0559. The molecule has 2 aromatic heterocycles. The predicted molar refractivity (Wildman–Crippen MR) is 194 cm³/mol. The molecule has 4 aromatic rings. The van der Waals surface area contributed by atoms with Crippen molar-refractivity contribution in [3.63, 3.8) is 0 Å². The molecule has 13 nitrogen and oxygen atoms in total. The van der Waals surface area contributed by atoms with Crippen molar-refractivity contribution in [3.05, 3.63) is 108 Å². The largest absolute Gasteiger partial charge is 0.497 e. The van der Waals surface area contributed by atoms with Crippen LogP contribution in [0.3, 0.4) is 0 Å². The number of hydrogen-bond donors (Lipinski definition) is 4. The minimum atomic E-state index is -4.08. The van der Waals surface area contributed by atoms with Gasteiger partial charge in [-0.15, -0.1) is 0 Å². The van der Waals surface area contributed by atoms with E-state index >= 15 is 0 Å². The van der Waals surface area contributed by atoms with E-state index in [9.17, 15) is 12.8 Å². The molecule has 0 aliphatic rings. The molecule has 2 heterocycles. The molecule has 0 saturated heterocycles. The summed E-state index contributed by atoms with van der Waals surface area (Å²) in [4.78, 5) is 16.3. The Bertz CT molecular complexity index is 1670. The highest BCUT2D eigenvalue weighted by atomic mass is 35.5. The Labute approximate surface area is 297 Å². The number of halogens is 2. The smallest absolute Gasteiger partial charge is 0.316 e. The first-order valence-electron chi connectivity index (χ1n) is 14.3. The summed E-state index contributed by atoms with van der Waals surface area (Å²) in [5.74, 6) is 0.975. The van der Waals surface area contributed by atoms with Gasteiger partial charge in [-0.3, -0.25) is 4.72 Å². The highest BCUT2D eigenvalue weighted by Crippen LogP contribution is 2.35. The summed E-state index contributed by atoms with van der Waals surface area (Å²) in [5.41, 5.74) is 5.92. The van der Waals surface area contributed by atoms with E-state index in [2.05, 4.69) is 54.3 Å². The Balaban J connectivity index is 0.000000959. The minimum Gasteiger partial charge on any atom is -0.497 e. The molecule has 0 fully saturated rings. The van der Waals surface area contributed by atoms with Gasteiger partial charge in [0.05, 0.1) is 32.2 Å². The van der Waals surface area contributed by atoms with Crippen LogP contribution >= 0.6 is 24.2 Å². The second kappa shape index (κ2) is 23.8. The summed E-state index contributed by atoms with van der Waals surface area (Å²) in [6, 6.07) is 12.2. The van der Waals surface area contributed by atoms with Gasteiger partial charge in [0.1, 0.15) is 31.1 Å². The number of nitrogens with zero attached hydrogens (tertiary/aromatic N) is 4. The number of methoxy groups -OCH3 is 2. The van der Waals surface area contributed by atoms with Gasteiger partial charge in [0, 0.05) is 11.6 Å². The molecule has 0 aliphatic heterocycles. The van der Waals surface area contributed by atoms with E-state index < -0.39 is 16.0 Å². The van der Waals surface area contributed by atoms with Crippen LogP contribution in [0.1, 0.15) is 12.5 Å². The molecule has 0 atom stereocenters. The second-order valence-electron chi connectivity index (χ2n) is 8.66. The van der Waals surface area contributed by atoms with Crippen LogP contribution in [0.15, 0.2) is 91.7 Å². The van der Waals surface area contributed by atoms with Crippen molar-refractivity contribution in [2.45, 2.75) is 13.5 Å². The van der Waals surface area contributed by atoms with Crippen molar-refractivity contribution in [1.29, 1.82) is 0 Å². The van der Waals surface area contributed by atoms with E-state index in [1.807, 2.05) is 13.0 Å².